The molecule has 0 aliphatic carbocycles. The van der Waals surface area contributed by atoms with E-state index in [2.05, 4.69) is 17.2 Å². The first kappa shape index (κ1) is 27.6. The fourth-order valence-electron chi connectivity index (χ4n) is 2.50. The van der Waals surface area contributed by atoms with E-state index in [9.17, 15) is 14.7 Å². The average molecular weight is 378 g/mol. The third-order valence-corrected chi connectivity index (χ3v) is 4.16. The second kappa shape index (κ2) is 16.6. The Kier molecular flexibility index (Phi) is 17.6. The second-order valence-electron chi connectivity index (χ2n) is 7.01. The first-order valence-electron chi connectivity index (χ1n) is 9.56. The summed E-state index contributed by atoms with van der Waals surface area (Å²) >= 11 is 0. The van der Waals surface area contributed by atoms with Crippen LogP contribution in [0.4, 0.5) is 0 Å². The zero-order chi connectivity index (χ0) is 19.2. The van der Waals surface area contributed by atoms with Gasteiger partial charge in [-0.05, 0) is 31.6 Å². The van der Waals surface area contributed by atoms with E-state index in [1.165, 1.54) is 39.0 Å². The topological polar surface area (TPSA) is 102 Å². The molecular weight excluding hydrogens is 343 g/mol. The molecule has 0 fully saturated rings. The van der Waals surface area contributed by atoms with Gasteiger partial charge in [-0.25, -0.2) is 0 Å². The van der Waals surface area contributed by atoms with Gasteiger partial charge in [0.25, 0.3) is 0 Å². The molecule has 0 aromatic heterocycles. The molecule has 0 aromatic rings. The molecule has 26 heavy (non-hydrogen) atoms. The number of unbranched alkanes of at least 4 members (excludes halogenated alkanes) is 7. The minimum Gasteiger partial charge on any atom is -0.862 e. The summed E-state index contributed by atoms with van der Waals surface area (Å²) in [5.41, 5.74) is 0. The SMILES string of the molecule is CCCCCCCCCCC([O-])=N[C@H](C(=O)N[C@@H](C)C(=O)O)C(C)C.[Na+]. The zero-order valence-electron chi connectivity index (χ0n) is 17.2. The minimum absolute atomic E-state index is 0. The fourth-order valence-corrected chi connectivity index (χ4v) is 2.50. The van der Waals surface area contributed by atoms with E-state index in [4.69, 9.17) is 5.11 Å². The summed E-state index contributed by atoms with van der Waals surface area (Å²) in [5, 5.41) is 23.2. The molecule has 0 heterocycles. The Morgan fingerprint density at radius 2 is 1.50 bits per heavy atom. The standard InChI is InChI=1S/C19H36N2O4.Na/c1-5-6-7-8-9-10-11-12-13-16(22)21-17(14(2)3)18(23)20-15(4)19(24)25;/h14-15,17H,5-13H2,1-4H3,(H,20,23)(H,21,22)(H,24,25);/q;+1/p-1/t15-,17-;/m0./s1. The Morgan fingerprint density at radius 3 is 1.96 bits per heavy atom. The molecule has 0 aliphatic rings. The second-order valence-corrected chi connectivity index (χ2v) is 7.01. The van der Waals surface area contributed by atoms with Crippen molar-refractivity contribution in [2.75, 3.05) is 0 Å². The maximum Gasteiger partial charge on any atom is 1.00 e. The largest absolute Gasteiger partial charge is 1.00 e. The van der Waals surface area contributed by atoms with Gasteiger partial charge in [-0.2, -0.15) is 0 Å². The van der Waals surface area contributed by atoms with Crippen molar-refractivity contribution in [1.82, 2.24) is 5.32 Å². The quantitative estimate of drug-likeness (QED) is 0.191. The summed E-state index contributed by atoms with van der Waals surface area (Å²) in [6.45, 7) is 7.17. The van der Waals surface area contributed by atoms with Gasteiger partial charge in [0.2, 0.25) is 5.91 Å². The number of aliphatic carboxylic acids is 1. The number of rotatable bonds is 14. The first-order valence-corrected chi connectivity index (χ1v) is 9.56. The number of carbonyl (C=O) groups excluding carboxylic acids is 1. The van der Waals surface area contributed by atoms with Crippen molar-refractivity contribution in [2.24, 2.45) is 10.9 Å². The molecule has 1 amide bonds. The predicted octanol–water partition coefficient (Wildman–Crippen LogP) is -0.106. The molecule has 146 valence electrons. The van der Waals surface area contributed by atoms with Gasteiger partial charge in [-0.15, -0.1) is 0 Å². The van der Waals surface area contributed by atoms with Gasteiger partial charge in [-0.1, -0.05) is 65.7 Å². The molecule has 0 saturated heterocycles. The predicted molar refractivity (Wildman–Crippen MR) is 98.5 cm³/mol. The van der Waals surface area contributed by atoms with Crippen LogP contribution in [0, 0.1) is 5.92 Å². The molecule has 0 aromatic carbocycles. The van der Waals surface area contributed by atoms with Crippen molar-refractivity contribution in [3.63, 3.8) is 0 Å². The summed E-state index contributed by atoms with van der Waals surface area (Å²) in [4.78, 5) is 26.9. The number of nitrogens with zero attached hydrogens (tertiary/aromatic N) is 1. The Morgan fingerprint density at radius 1 is 1.00 bits per heavy atom. The van der Waals surface area contributed by atoms with Crippen LogP contribution in [0.15, 0.2) is 4.99 Å². The molecule has 6 nitrogen and oxygen atoms in total. The summed E-state index contributed by atoms with van der Waals surface area (Å²) in [6, 6.07) is -1.82. The first-order chi connectivity index (χ1) is 11.8. The van der Waals surface area contributed by atoms with Gasteiger partial charge in [0.15, 0.2) is 0 Å². The van der Waals surface area contributed by atoms with Gasteiger partial charge in [0.1, 0.15) is 12.1 Å². The van der Waals surface area contributed by atoms with Crippen molar-refractivity contribution >= 4 is 17.8 Å². The van der Waals surface area contributed by atoms with E-state index in [0.717, 1.165) is 19.3 Å². The van der Waals surface area contributed by atoms with Gasteiger partial charge in [-0.3, -0.25) is 14.6 Å². The summed E-state index contributed by atoms with van der Waals surface area (Å²) < 4.78 is 0. The van der Waals surface area contributed by atoms with Crippen LogP contribution in [-0.2, 0) is 9.59 Å². The van der Waals surface area contributed by atoms with Crippen LogP contribution in [0.1, 0.15) is 85.5 Å². The summed E-state index contributed by atoms with van der Waals surface area (Å²) in [7, 11) is 0. The molecule has 0 bridgehead atoms. The van der Waals surface area contributed by atoms with E-state index in [1.54, 1.807) is 13.8 Å². The third-order valence-electron chi connectivity index (χ3n) is 4.16. The molecule has 0 unspecified atom stereocenters. The maximum absolute atomic E-state index is 12.1. The van der Waals surface area contributed by atoms with E-state index in [0.29, 0.717) is 6.42 Å². The Bertz CT molecular complexity index is 428. The van der Waals surface area contributed by atoms with Gasteiger partial charge < -0.3 is 15.5 Å². The summed E-state index contributed by atoms with van der Waals surface area (Å²) in [6.07, 6.45) is 9.53. The van der Waals surface area contributed by atoms with Crippen LogP contribution < -0.4 is 40.0 Å². The molecule has 0 spiro atoms. The molecule has 0 saturated carbocycles. The van der Waals surface area contributed by atoms with Crippen LogP contribution in [0.3, 0.4) is 0 Å². The van der Waals surface area contributed by atoms with E-state index < -0.39 is 24.0 Å². The summed E-state index contributed by atoms with van der Waals surface area (Å²) in [5.74, 6) is -2.05. The number of carboxylic acid groups (broad SMARTS) is 1. The molecule has 2 N–H and O–H groups in total. The molecule has 7 heteroatoms. The number of nitrogens with one attached hydrogen (secondary N) is 1. The number of amides is 1. The maximum atomic E-state index is 12.1. The zero-order valence-corrected chi connectivity index (χ0v) is 19.2. The van der Waals surface area contributed by atoms with Gasteiger partial charge in [0, 0.05) is 0 Å². The molecule has 2 atom stereocenters. The molecule has 0 radical (unpaired) electrons. The van der Waals surface area contributed by atoms with Crippen LogP contribution in [0.5, 0.6) is 0 Å². The van der Waals surface area contributed by atoms with Crippen molar-refractivity contribution in [1.29, 1.82) is 0 Å². The Hall–Kier alpha value is -0.590. The van der Waals surface area contributed by atoms with Gasteiger partial charge in [0.05, 0.1) is 0 Å². The van der Waals surface area contributed by atoms with Gasteiger partial charge >= 0.3 is 35.5 Å². The van der Waals surface area contributed by atoms with Crippen molar-refractivity contribution in [3.05, 3.63) is 0 Å². The third kappa shape index (κ3) is 13.6. The molecule has 0 aliphatic heterocycles. The number of carboxylic acids is 1. The minimum atomic E-state index is -1.11. The Balaban J connectivity index is 0. The van der Waals surface area contributed by atoms with Crippen LogP contribution in [0.25, 0.3) is 0 Å². The van der Waals surface area contributed by atoms with E-state index in [1.807, 2.05) is 0 Å². The normalized spacial score (nSPS) is 13.8. The van der Waals surface area contributed by atoms with Crippen LogP contribution >= 0.6 is 0 Å². The number of hydrogen-bond donors (Lipinski definition) is 2. The van der Waals surface area contributed by atoms with E-state index in [-0.39, 0.29) is 41.4 Å². The van der Waals surface area contributed by atoms with Crippen molar-refractivity contribution in [2.45, 2.75) is 97.6 Å². The monoisotopic (exact) mass is 378 g/mol. The van der Waals surface area contributed by atoms with Crippen molar-refractivity contribution in [3.8, 4) is 0 Å². The number of hydrogen-bond acceptors (Lipinski definition) is 4. The Labute approximate surface area is 180 Å². The average Bonchev–Trinajstić information content (AvgIpc) is 2.54. The van der Waals surface area contributed by atoms with Crippen LogP contribution in [0.2, 0.25) is 0 Å². The van der Waals surface area contributed by atoms with Crippen LogP contribution in [-0.4, -0.2) is 35.0 Å². The number of carbonyl (C=O) groups is 2. The number of aliphatic imine (C=N–C) groups is 1. The molecule has 0 rings (SSSR count). The van der Waals surface area contributed by atoms with E-state index >= 15 is 0 Å². The fraction of sp³-hybridized carbons (Fsp3) is 0.842. The smallest absolute Gasteiger partial charge is 0.862 e. The molecular formula is C19H35N2NaO4. The van der Waals surface area contributed by atoms with Crippen molar-refractivity contribution < 1.29 is 49.4 Å².